The number of anilines is 2. The fourth-order valence-electron chi connectivity index (χ4n) is 4.02. The molecule has 31 heavy (non-hydrogen) atoms. The minimum Gasteiger partial charge on any atom is -0.495 e. The number of carbonyl (C=O) groups excluding carboxylic acids is 1. The van der Waals surface area contributed by atoms with Crippen molar-refractivity contribution in [3.05, 3.63) is 54.7 Å². The van der Waals surface area contributed by atoms with Crippen LogP contribution in [0.15, 0.2) is 48.9 Å². The largest absolute Gasteiger partial charge is 0.495 e. The van der Waals surface area contributed by atoms with E-state index in [2.05, 4.69) is 37.1 Å². The third-order valence-corrected chi connectivity index (χ3v) is 5.68. The van der Waals surface area contributed by atoms with Gasteiger partial charge in [-0.25, -0.2) is 14.5 Å². The van der Waals surface area contributed by atoms with Gasteiger partial charge in [-0.05, 0) is 31.9 Å². The Morgan fingerprint density at radius 1 is 1.16 bits per heavy atom. The molecule has 9 heteroatoms. The second kappa shape index (κ2) is 9.65. The van der Waals surface area contributed by atoms with Crippen LogP contribution >= 0.6 is 0 Å². The van der Waals surface area contributed by atoms with E-state index < -0.39 is 0 Å². The van der Waals surface area contributed by atoms with Crippen LogP contribution < -0.4 is 15.4 Å². The first-order valence-corrected chi connectivity index (χ1v) is 10.6. The van der Waals surface area contributed by atoms with E-state index in [1.54, 1.807) is 25.4 Å². The molecule has 164 valence electrons. The van der Waals surface area contributed by atoms with Crippen molar-refractivity contribution in [3.8, 4) is 5.75 Å². The Kier molecular flexibility index (Phi) is 6.51. The fourth-order valence-corrected chi connectivity index (χ4v) is 4.02. The molecule has 2 amide bonds. The molecule has 0 saturated carbocycles. The first-order valence-electron chi connectivity index (χ1n) is 10.6. The standard InChI is InChI=1S/C22H29N7O2/c1-3-28-15-12-23-21(28)16-27-13-9-17(10-14-27)29-20(8-11-24-29)26-22(30)25-18-6-4-5-7-19(18)31-2/h4-8,11-12,15,17H,3,9-10,13-14,16H2,1-2H3,(H2,25,26,30). The molecule has 1 saturated heterocycles. The van der Waals surface area contributed by atoms with Crippen LogP contribution in [0.1, 0.15) is 31.6 Å². The maximum atomic E-state index is 12.5. The molecule has 4 rings (SSSR count). The molecule has 3 heterocycles. The van der Waals surface area contributed by atoms with Crippen molar-refractivity contribution < 1.29 is 9.53 Å². The Morgan fingerprint density at radius 2 is 1.97 bits per heavy atom. The van der Waals surface area contributed by atoms with E-state index in [-0.39, 0.29) is 12.1 Å². The van der Waals surface area contributed by atoms with Gasteiger partial charge in [-0.15, -0.1) is 0 Å². The smallest absolute Gasteiger partial charge is 0.324 e. The number of nitrogens with zero attached hydrogens (tertiary/aromatic N) is 5. The van der Waals surface area contributed by atoms with Gasteiger partial charge >= 0.3 is 6.03 Å². The van der Waals surface area contributed by atoms with Crippen LogP contribution in [0.3, 0.4) is 0 Å². The number of ether oxygens (including phenoxy) is 1. The van der Waals surface area contributed by atoms with E-state index in [4.69, 9.17) is 4.74 Å². The Hall–Kier alpha value is -3.33. The van der Waals surface area contributed by atoms with Gasteiger partial charge in [0.1, 0.15) is 17.4 Å². The summed E-state index contributed by atoms with van der Waals surface area (Å²) in [5.41, 5.74) is 0.618. The van der Waals surface area contributed by atoms with Crippen LogP contribution in [-0.2, 0) is 13.1 Å². The summed E-state index contributed by atoms with van der Waals surface area (Å²) in [5.74, 6) is 2.41. The molecule has 0 bridgehead atoms. The lowest BCUT2D eigenvalue weighted by molar-refractivity contribution is 0.169. The van der Waals surface area contributed by atoms with Crippen LogP contribution in [0.25, 0.3) is 0 Å². The molecule has 0 unspecified atom stereocenters. The van der Waals surface area contributed by atoms with E-state index in [9.17, 15) is 4.79 Å². The van der Waals surface area contributed by atoms with Gasteiger partial charge in [0.15, 0.2) is 0 Å². The van der Waals surface area contributed by atoms with Crippen molar-refractivity contribution in [1.29, 1.82) is 0 Å². The van der Waals surface area contributed by atoms with E-state index in [1.165, 1.54) is 0 Å². The first kappa shape index (κ1) is 20.9. The van der Waals surface area contributed by atoms with Crippen LogP contribution in [0.4, 0.5) is 16.3 Å². The lowest BCUT2D eigenvalue weighted by Crippen LogP contribution is -2.35. The van der Waals surface area contributed by atoms with Crippen LogP contribution in [-0.4, -0.2) is 50.5 Å². The van der Waals surface area contributed by atoms with E-state index in [0.717, 1.165) is 44.8 Å². The summed E-state index contributed by atoms with van der Waals surface area (Å²) in [5, 5.41) is 10.2. The number of rotatable bonds is 7. The zero-order valence-corrected chi connectivity index (χ0v) is 18.0. The number of hydrogen-bond acceptors (Lipinski definition) is 5. The summed E-state index contributed by atoms with van der Waals surface area (Å²) >= 11 is 0. The highest BCUT2D eigenvalue weighted by Gasteiger charge is 2.24. The van der Waals surface area contributed by atoms with Gasteiger partial charge in [-0.1, -0.05) is 12.1 Å². The third kappa shape index (κ3) is 4.88. The van der Waals surface area contributed by atoms with Crippen molar-refractivity contribution in [2.24, 2.45) is 0 Å². The summed E-state index contributed by atoms with van der Waals surface area (Å²) in [6, 6.07) is 9.07. The van der Waals surface area contributed by atoms with Crippen molar-refractivity contribution in [2.45, 2.75) is 38.9 Å². The summed E-state index contributed by atoms with van der Waals surface area (Å²) in [4.78, 5) is 19.4. The second-order valence-corrected chi connectivity index (χ2v) is 7.58. The minimum absolute atomic E-state index is 0.249. The number of hydrogen-bond donors (Lipinski definition) is 2. The summed E-state index contributed by atoms with van der Waals surface area (Å²) in [6.45, 7) is 5.86. The predicted molar refractivity (Wildman–Crippen MR) is 119 cm³/mol. The zero-order chi connectivity index (χ0) is 21.6. The normalized spacial score (nSPS) is 15.0. The molecule has 1 aliphatic rings. The van der Waals surface area contributed by atoms with E-state index in [0.29, 0.717) is 17.3 Å². The highest BCUT2D eigenvalue weighted by Crippen LogP contribution is 2.27. The highest BCUT2D eigenvalue weighted by molar-refractivity contribution is 6.00. The minimum atomic E-state index is -0.324. The molecule has 0 spiro atoms. The summed E-state index contributed by atoms with van der Waals surface area (Å²) < 4.78 is 9.40. The van der Waals surface area contributed by atoms with Gasteiger partial charge in [0.2, 0.25) is 0 Å². The van der Waals surface area contributed by atoms with Crippen LogP contribution in [0, 0.1) is 0 Å². The molecule has 1 aliphatic heterocycles. The molecule has 1 fully saturated rings. The number of amides is 2. The maximum absolute atomic E-state index is 12.5. The Bertz CT molecular complexity index is 1000. The SMILES string of the molecule is CCn1ccnc1CN1CCC(n2nccc2NC(=O)Nc2ccccc2OC)CC1. The molecule has 2 aromatic heterocycles. The number of aryl methyl sites for hydroxylation is 1. The number of carbonyl (C=O) groups is 1. The predicted octanol–water partition coefficient (Wildman–Crippen LogP) is 3.59. The van der Waals surface area contributed by atoms with Crippen molar-refractivity contribution >= 4 is 17.5 Å². The van der Waals surface area contributed by atoms with Crippen molar-refractivity contribution in [2.75, 3.05) is 30.8 Å². The van der Waals surface area contributed by atoms with Crippen LogP contribution in [0.2, 0.25) is 0 Å². The number of benzene rings is 1. The molecule has 9 nitrogen and oxygen atoms in total. The molecule has 2 N–H and O–H groups in total. The first-order chi connectivity index (χ1) is 15.2. The maximum Gasteiger partial charge on any atom is 0.324 e. The number of nitrogens with one attached hydrogen (secondary N) is 2. The lowest BCUT2D eigenvalue weighted by atomic mass is 10.1. The molecule has 0 aliphatic carbocycles. The Balaban J connectivity index is 1.34. The second-order valence-electron chi connectivity index (χ2n) is 7.58. The highest BCUT2D eigenvalue weighted by atomic mass is 16.5. The third-order valence-electron chi connectivity index (χ3n) is 5.68. The number of urea groups is 1. The Labute approximate surface area is 182 Å². The van der Waals surface area contributed by atoms with Gasteiger partial charge in [0.05, 0.1) is 31.6 Å². The topological polar surface area (TPSA) is 89.2 Å². The van der Waals surface area contributed by atoms with Gasteiger partial charge in [-0.3, -0.25) is 10.2 Å². The zero-order valence-electron chi connectivity index (χ0n) is 18.0. The molecule has 3 aromatic rings. The van der Waals surface area contributed by atoms with E-state index >= 15 is 0 Å². The summed E-state index contributed by atoms with van der Waals surface area (Å²) in [6.07, 6.45) is 7.56. The molecular weight excluding hydrogens is 394 g/mol. The molecular formula is C22H29N7O2. The van der Waals surface area contributed by atoms with E-state index in [1.807, 2.05) is 35.3 Å². The van der Waals surface area contributed by atoms with Crippen molar-refractivity contribution in [1.82, 2.24) is 24.2 Å². The number of para-hydroxylation sites is 2. The van der Waals surface area contributed by atoms with Gasteiger partial charge in [-0.2, -0.15) is 5.10 Å². The average Bonchev–Trinajstić information content (AvgIpc) is 3.44. The number of aromatic nitrogens is 4. The van der Waals surface area contributed by atoms with Gasteiger partial charge in [0, 0.05) is 38.1 Å². The fraction of sp³-hybridized carbons (Fsp3) is 0.409. The van der Waals surface area contributed by atoms with Gasteiger partial charge in [0.25, 0.3) is 0 Å². The van der Waals surface area contributed by atoms with Crippen molar-refractivity contribution in [3.63, 3.8) is 0 Å². The van der Waals surface area contributed by atoms with Gasteiger partial charge < -0.3 is 14.6 Å². The Morgan fingerprint density at radius 3 is 2.74 bits per heavy atom. The number of imidazole rings is 1. The molecule has 1 aromatic carbocycles. The lowest BCUT2D eigenvalue weighted by Gasteiger charge is -2.32. The van der Waals surface area contributed by atoms with Crippen LogP contribution in [0.5, 0.6) is 5.75 Å². The molecule has 0 radical (unpaired) electrons. The summed E-state index contributed by atoms with van der Waals surface area (Å²) in [7, 11) is 1.58. The number of likely N-dealkylation sites (tertiary alicyclic amines) is 1. The monoisotopic (exact) mass is 423 g/mol. The quantitative estimate of drug-likeness (QED) is 0.606. The number of piperidine rings is 1. The molecule has 0 atom stereocenters. The number of methoxy groups -OCH3 is 1. The average molecular weight is 424 g/mol.